The van der Waals surface area contributed by atoms with Gasteiger partial charge in [-0.1, -0.05) is 0 Å². The number of urea groups is 1. The average molecular weight is 310 g/mol. The number of nitrogens with one attached hydrogen (secondary N) is 1. The maximum Gasteiger partial charge on any atom is 0.323 e. The number of ether oxygens (including phenoxy) is 1. The number of amides is 2. The van der Waals surface area contributed by atoms with Crippen LogP contribution in [0.25, 0.3) is 0 Å². The lowest BCUT2D eigenvalue weighted by Crippen LogP contribution is -2.50. The van der Waals surface area contributed by atoms with Crippen LogP contribution in [0.15, 0.2) is 0 Å². The summed E-state index contributed by atoms with van der Waals surface area (Å²) in [4.78, 5) is 23.6. The van der Waals surface area contributed by atoms with Gasteiger partial charge < -0.3 is 20.1 Å². The zero-order valence-electron chi connectivity index (χ0n) is 12.2. The summed E-state index contributed by atoms with van der Waals surface area (Å²) in [7, 11) is -1.90. The topological polar surface area (TPSA) is 113 Å². The van der Waals surface area contributed by atoms with Crippen LogP contribution in [0, 0.1) is 0 Å². The number of carboxylic acid groups (broad SMARTS) is 1. The maximum absolute atomic E-state index is 11.9. The van der Waals surface area contributed by atoms with E-state index in [1.807, 2.05) is 0 Å². The van der Waals surface area contributed by atoms with Crippen LogP contribution in [0.1, 0.15) is 13.8 Å². The molecule has 2 N–H and O–H groups in total. The number of hydrogen-bond acceptors (Lipinski definition) is 5. The second-order valence-electron chi connectivity index (χ2n) is 5.00. The van der Waals surface area contributed by atoms with Gasteiger partial charge in [-0.3, -0.25) is 4.79 Å². The molecule has 9 heteroatoms. The summed E-state index contributed by atoms with van der Waals surface area (Å²) in [5.41, 5.74) is 0. The highest BCUT2D eigenvalue weighted by Gasteiger charge is 2.31. The number of hydrogen-bond donors (Lipinski definition) is 2. The Hall–Kier alpha value is -1.35. The highest BCUT2D eigenvalue weighted by atomic mass is 32.2. The number of nitrogens with zero attached hydrogens (tertiary/aromatic N) is 1. The quantitative estimate of drug-likeness (QED) is 0.628. The Morgan fingerprint density at radius 3 is 2.30 bits per heavy atom. The Labute approximate surface area is 119 Å². The Bertz CT molecular complexity index is 446. The van der Waals surface area contributed by atoms with Crippen LogP contribution >= 0.6 is 0 Å². The third-order valence-electron chi connectivity index (χ3n) is 2.85. The predicted octanol–water partition coefficient (Wildman–Crippen LogP) is -0.448. The minimum absolute atomic E-state index is 0.103. The largest absolute Gasteiger partial charge is 0.480 e. The summed E-state index contributed by atoms with van der Waals surface area (Å²) in [6, 6.07) is -0.638. The first-order valence-corrected chi connectivity index (χ1v) is 7.83. The number of carbonyl (C=O) groups is 2. The standard InChI is InChI=1S/C11H22N2O6S/c1-11(2,20(4,17)18)8-12-10(16)13(5-6-19-3)7-9(14)15/h5-8H2,1-4H3,(H,12,16)(H,14,15). The van der Waals surface area contributed by atoms with E-state index < -0.39 is 33.1 Å². The van der Waals surface area contributed by atoms with Crippen molar-refractivity contribution in [3.8, 4) is 0 Å². The van der Waals surface area contributed by atoms with Crippen molar-refractivity contribution < 1.29 is 27.9 Å². The van der Waals surface area contributed by atoms with E-state index in [1.54, 1.807) is 0 Å². The Balaban J connectivity index is 4.64. The lowest BCUT2D eigenvalue weighted by atomic mass is 10.2. The van der Waals surface area contributed by atoms with Gasteiger partial charge in [-0.25, -0.2) is 13.2 Å². The minimum Gasteiger partial charge on any atom is -0.480 e. The summed E-state index contributed by atoms with van der Waals surface area (Å²) in [6.45, 7) is 2.69. The zero-order valence-corrected chi connectivity index (χ0v) is 13.0. The van der Waals surface area contributed by atoms with Crippen LogP contribution in [-0.2, 0) is 19.4 Å². The number of rotatable bonds is 8. The average Bonchev–Trinajstić information content (AvgIpc) is 2.29. The lowest BCUT2D eigenvalue weighted by Gasteiger charge is -2.26. The molecule has 20 heavy (non-hydrogen) atoms. The molecule has 0 aliphatic heterocycles. The molecular weight excluding hydrogens is 288 g/mol. The van der Waals surface area contributed by atoms with Crippen LogP contribution in [-0.4, -0.2) is 74.8 Å². The van der Waals surface area contributed by atoms with Crippen LogP contribution < -0.4 is 5.32 Å². The summed E-state index contributed by atoms with van der Waals surface area (Å²) in [6.07, 6.45) is 1.08. The minimum atomic E-state index is -3.34. The van der Waals surface area contributed by atoms with E-state index in [0.29, 0.717) is 0 Å². The summed E-state index contributed by atoms with van der Waals surface area (Å²) < 4.78 is 26.7. The van der Waals surface area contributed by atoms with Gasteiger partial charge in [-0.15, -0.1) is 0 Å². The number of methoxy groups -OCH3 is 1. The molecule has 0 aromatic carbocycles. The van der Waals surface area contributed by atoms with Crippen LogP contribution in [0.2, 0.25) is 0 Å². The normalized spacial score (nSPS) is 12.0. The van der Waals surface area contributed by atoms with Crippen molar-refractivity contribution in [1.82, 2.24) is 10.2 Å². The molecule has 0 aliphatic carbocycles. The van der Waals surface area contributed by atoms with E-state index in [0.717, 1.165) is 11.2 Å². The van der Waals surface area contributed by atoms with Gasteiger partial charge in [0.2, 0.25) is 0 Å². The van der Waals surface area contributed by atoms with Gasteiger partial charge in [0, 0.05) is 26.5 Å². The van der Waals surface area contributed by atoms with Gasteiger partial charge in [0.15, 0.2) is 9.84 Å². The van der Waals surface area contributed by atoms with Crippen molar-refractivity contribution in [3.63, 3.8) is 0 Å². The monoisotopic (exact) mass is 310 g/mol. The number of carboxylic acids is 1. The number of aliphatic carboxylic acids is 1. The maximum atomic E-state index is 11.9. The van der Waals surface area contributed by atoms with Gasteiger partial charge in [-0.05, 0) is 13.8 Å². The fraction of sp³-hybridized carbons (Fsp3) is 0.818. The summed E-state index contributed by atoms with van der Waals surface area (Å²) >= 11 is 0. The van der Waals surface area contributed by atoms with Gasteiger partial charge in [0.1, 0.15) is 6.54 Å². The first kappa shape index (κ1) is 18.7. The predicted molar refractivity (Wildman–Crippen MR) is 73.4 cm³/mol. The zero-order chi connectivity index (χ0) is 16.0. The second-order valence-corrected chi connectivity index (χ2v) is 7.65. The molecule has 0 unspecified atom stereocenters. The lowest BCUT2D eigenvalue weighted by molar-refractivity contribution is -0.137. The smallest absolute Gasteiger partial charge is 0.323 e. The van der Waals surface area contributed by atoms with Crippen LogP contribution in [0.3, 0.4) is 0 Å². The van der Waals surface area contributed by atoms with E-state index in [1.165, 1.54) is 21.0 Å². The SMILES string of the molecule is COCCN(CC(=O)O)C(=O)NCC(C)(C)S(C)(=O)=O. The van der Waals surface area contributed by atoms with Crippen molar-refractivity contribution in [2.75, 3.05) is 39.6 Å². The molecule has 0 heterocycles. The van der Waals surface area contributed by atoms with Gasteiger partial charge in [-0.2, -0.15) is 0 Å². The number of carbonyl (C=O) groups excluding carboxylic acids is 1. The molecule has 8 nitrogen and oxygen atoms in total. The molecule has 2 amide bonds. The molecule has 0 atom stereocenters. The van der Waals surface area contributed by atoms with Crippen LogP contribution in [0.4, 0.5) is 4.79 Å². The molecule has 0 saturated heterocycles. The van der Waals surface area contributed by atoms with E-state index in [9.17, 15) is 18.0 Å². The van der Waals surface area contributed by atoms with Crippen molar-refractivity contribution >= 4 is 21.8 Å². The van der Waals surface area contributed by atoms with Crippen molar-refractivity contribution in [2.45, 2.75) is 18.6 Å². The molecule has 118 valence electrons. The van der Waals surface area contributed by atoms with Gasteiger partial charge in [0.25, 0.3) is 0 Å². The third-order valence-corrected chi connectivity index (χ3v) is 5.00. The van der Waals surface area contributed by atoms with Gasteiger partial charge >= 0.3 is 12.0 Å². The highest BCUT2D eigenvalue weighted by Crippen LogP contribution is 2.13. The molecule has 0 rings (SSSR count). The molecule has 0 aromatic heterocycles. The summed E-state index contributed by atoms with van der Waals surface area (Å²) in [5, 5.41) is 11.2. The Morgan fingerprint density at radius 1 is 1.35 bits per heavy atom. The van der Waals surface area contributed by atoms with E-state index in [4.69, 9.17) is 9.84 Å². The Kier molecular flexibility index (Phi) is 6.94. The van der Waals surface area contributed by atoms with Crippen molar-refractivity contribution in [3.05, 3.63) is 0 Å². The molecule has 0 aromatic rings. The van der Waals surface area contributed by atoms with E-state index >= 15 is 0 Å². The first-order chi connectivity index (χ1) is 9.01. The molecule has 0 radical (unpaired) electrons. The fourth-order valence-electron chi connectivity index (χ4n) is 1.15. The molecule has 0 fully saturated rings. The second kappa shape index (κ2) is 7.44. The van der Waals surface area contributed by atoms with Gasteiger partial charge in [0.05, 0.1) is 11.4 Å². The highest BCUT2D eigenvalue weighted by molar-refractivity contribution is 7.92. The van der Waals surface area contributed by atoms with Crippen LogP contribution in [0.5, 0.6) is 0 Å². The molecule has 0 saturated carbocycles. The molecule has 0 spiro atoms. The van der Waals surface area contributed by atoms with Crippen molar-refractivity contribution in [1.29, 1.82) is 0 Å². The third kappa shape index (κ3) is 6.20. The first-order valence-electron chi connectivity index (χ1n) is 5.94. The fourth-order valence-corrected chi connectivity index (χ4v) is 1.48. The Morgan fingerprint density at radius 2 is 1.90 bits per heavy atom. The molecular formula is C11H22N2O6S. The number of sulfone groups is 1. The van der Waals surface area contributed by atoms with Crippen molar-refractivity contribution in [2.24, 2.45) is 0 Å². The summed E-state index contributed by atoms with van der Waals surface area (Å²) in [5.74, 6) is -1.15. The molecule has 0 aliphatic rings. The molecule has 0 bridgehead atoms. The van der Waals surface area contributed by atoms with E-state index in [2.05, 4.69) is 5.32 Å². The van der Waals surface area contributed by atoms with E-state index in [-0.39, 0.29) is 19.7 Å².